The molecule has 0 heterocycles. The Morgan fingerprint density at radius 1 is 0.274 bits per heavy atom. The number of rotatable bonds is 12. The minimum atomic E-state index is 0.406. The molecule has 440 valence electrons. The van der Waals surface area contributed by atoms with Gasteiger partial charge in [0, 0.05) is 23.7 Å². The van der Waals surface area contributed by atoms with Crippen molar-refractivity contribution in [3.63, 3.8) is 0 Å². The number of fused-ring (bicyclic) bond motifs is 4. The van der Waals surface area contributed by atoms with Crippen LogP contribution in [0, 0.1) is 23.7 Å². The number of halogens is 8. The molecule has 8 aromatic carbocycles. The van der Waals surface area contributed by atoms with Gasteiger partial charge in [0.05, 0.1) is 40.2 Å². The van der Waals surface area contributed by atoms with Crippen LogP contribution in [-0.4, -0.2) is 54.4 Å². The molecule has 0 spiro atoms. The zero-order valence-corrected chi connectivity index (χ0v) is 54.3. The van der Waals surface area contributed by atoms with E-state index in [0.29, 0.717) is 87.5 Å². The van der Waals surface area contributed by atoms with Crippen molar-refractivity contribution in [1.29, 1.82) is 0 Å². The minimum Gasteiger partial charge on any atom is -0.319 e. The summed E-state index contributed by atoms with van der Waals surface area (Å²) in [6, 6.07) is 59.2. The molecule has 12 heteroatoms. The first-order chi connectivity index (χ1) is 40.7. The van der Waals surface area contributed by atoms with Crippen molar-refractivity contribution in [2.24, 2.45) is 23.7 Å². The van der Waals surface area contributed by atoms with E-state index < -0.39 is 0 Å². The Morgan fingerprint density at radius 3 is 0.667 bits per heavy atom. The fourth-order valence-electron chi connectivity index (χ4n) is 13.6. The molecule has 12 rings (SSSR count). The van der Waals surface area contributed by atoms with Gasteiger partial charge in [-0.1, -0.05) is 214 Å². The highest BCUT2D eigenvalue weighted by molar-refractivity contribution is 6.43. The fraction of sp³-hybridized carbons (Fsp3) is 0.333. The molecule has 4 nitrogen and oxygen atoms in total. The van der Waals surface area contributed by atoms with Crippen LogP contribution in [0.15, 0.2) is 170 Å². The second-order valence-electron chi connectivity index (χ2n) is 23.2. The molecular formula is C72H76Cl8N4. The Kier molecular flexibility index (Phi) is 23.9. The van der Waals surface area contributed by atoms with Crippen molar-refractivity contribution >= 4 is 92.8 Å². The van der Waals surface area contributed by atoms with Crippen LogP contribution in [0.25, 0.3) is 0 Å². The summed E-state index contributed by atoms with van der Waals surface area (Å²) in [6.45, 7) is 4.19. The highest BCUT2D eigenvalue weighted by Crippen LogP contribution is 2.45. The molecule has 84 heavy (non-hydrogen) atoms. The van der Waals surface area contributed by atoms with Gasteiger partial charge in [0.2, 0.25) is 0 Å². The molecule has 0 aromatic heterocycles. The average molecular weight is 1280 g/mol. The largest absolute Gasteiger partial charge is 0.319 e. The van der Waals surface area contributed by atoms with Crippen molar-refractivity contribution in [1.82, 2.24) is 21.3 Å². The summed E-state index contributed by atoms with van der Waals surface area (Å²) in [5, 5.41) is 18.3. The van der Waals surface area contributed by atoms with Gasteiger partial charge in [-0.3, -0.25) is 0 Å². The van der Waals surface area contributed by atoms with Gasteiger partial charge in [-0.15, -0.1) is 0 Å². The van der Waals surface area contributed by atoms with Gasteiger partial charge in [-0.05, 0) is 245 Å². The first-order valence-corrected chi connectivity index (χ1v) is 32.5. The van der Waals surface area contributed by atoms with E-state index >= 15 is 0 Å². The summed E-state index contributed by atoms with van der Waals surface area (Å²) in [4.78, 5) is 0. The van der Waals surface area contributed by atoms with E-state index in [1.165, 1.54) is 66.8 Å². The first-order valence-electron chi connectivity index (χ1n) is 29.4. The molecular weight excluding hydrogens is 1200 g/mol. The van der Waals surface area contributed by atoms with Gasteiger partial charge in [0.1, 0.15) is 0 Å². The van der Waals surface area contributed by atoms with E-state index in [1.54, 1.807) is 0 Å². The quantitative estimate of drug-likeness (QED) is 0.0985. The Hall–Kier alpha value is -4.08. The molecule has 4 aliphatic carbocycles. The fourth-order valence-corrected chi connectivity index (χ4v) is 14.8. The van der Waals surface area contributed by atoms with Crippen LogP contribution in [0.4, 0.5) is 0 Å². The number of nitrogens with one attached hydrogen (secondary N) is 4. The van der Waals surface area contributed by atoms with Crippen LogP contribution >= 0.6 is 92.8 Å². The SMILES string of the molecule is CNC[C@@H]1Cc2ccccc2[C@@H](c2ccc(Cl)c(Cl)c2)C1.CNC[C@@H]1Cc2ccccc2[C@H](c2ccc(Cl)c(Cl)c2)C1.CNC[C@H]1Cc2ccccc2[C@@H](c2ccc(Cl)c(Cl)c2)C1.CNC[C@H]1Cc2ccccc2[C@H](c2ccc(Cl)c(Cl)c2)C1. The van der Waals surface area contributed by atoms with Crippen molar-refractivity contribution in [3.8, 4) is 0 Å². The van der Waals surface area contributed by atoms with Crippen molar-refractivity contribution < 1.29 is 0 Å². The molecule has 4 N–H and O–H groups in total. The first kappa shape index (κ1) is 64.4. The lowest BCUT2D eigenvalue weighted by molar-refractivity contribution is 0.414. The lowest BCUT2D eigenvalue weighted by Gasteiger charge is -2.32. The van der Waals surface area contributed by atoms with Crippen LogP contribution in [0.5, 0.6) is 0 Å². The van der Waals surface area contributed by atoms with Gasteiger partial charge in [-0.25, -0.2) is 0 Å². The van der Waals surface area contributed by atoms with E-state index in [4.69, 9.17) is 92.8 Å². The topological polar surface area (TPSA) is 48.1 Å². The maximum absolute atomic E-state index is 6.21. The molecule has 4 aliphatic rings. The van der Waals surface area contributed by atoms with Gasteiger partial charge >= 0.3 is 0 Å². The van der Waals surface area contributed by atoms with Crippen LogP contribution in [0.3, 0.4) is 0 Å². The minimum absolute atomic E-state index is 0.406. The van der Waals surface area contributed by atoms with E-state index in [9.17, 15) is 0 Å². The Labute approximate surface area is 539 Å². The number of hydrogen-bond acceptors (Lipinski definition) is 4. The third-order valence-corrected chi connectivity index (χ3v) is 20.3. The summed E-state index contributed by atoms with van der Waals surface area (Å²) >= 11 is 49.1. The van der Waals surface area contributed by atoms with Crippen LogP contribution in [0.2, 0.25) is 40.2 Å². The van der Waals surface area contributed by atoms with Gasteiger partial charge < -0.3 is 21.3 Å². The number of hydrogen-bond donors (Lipinski definition) is 4. The van der Waals surface area contributed by atoms with Crippen LogP contribution < -0.4 is 21.3 Å². The molecule has 0 saturated heterocycles. The summed E-state index contributed by atoms with van der Waals surface area (Å²) in [5.41, 5.74) is 16.6. The summed E-state index contributed by atoms with van der Waals surface area (Å²) in [7, 11) is 8.09. The van der Waals surface area contributed by atoms with Gasteiger partial charge in [0.15, 0.2) is 0 Å². The third kappa shape index (κ3) is 16.4. The summed E-state index contributed by atoms with van der Waals surface area (Å²) in [6.07, 6.45) is 9.19. The predicted octanol–water partition coefficient (Wildman–Crippen LogP) is 19.6. The molecule has 0 unspecified atom stereocenters. The smallest absolute Gasteiger partial charge is 0.0595 e. The van der Waals surface area contributed by atoms with E-state index in [1.807, 2.05) is 76.7 Å². The van der Waals surface area contributed by atoms with E-state index in [2.05, 4.69) is 143 Å². The molecule has 0 aliphatic heterocycles. The lowest BCUT2D eigenvalue weighted by Crippen LogP contribution is -2.27. The predicted molar refractivity (Wildman–Crippen MR) is 362 cm³/mol. The number of benzene rings is 8. The van der Waals surface area contributed by atoms with Gasteiger partial charge in [-0.2, -0.15) is 0 Å². The average Bonchev–Trinajstić information content (AvgIpc) is 3.65. The molecule has 8 aromatic rings. The second-order valence-corrected chi connectivity index (χ2v) is 26.4. The monoisotopic (exact) mass is 1280 g/mol. The maximum atomic E-state index is 6.21. The normalized spacial score (nSPS) is 21.1. The standard InChI is InChI=1S/4C18H19Cl2N/c4*1-21-11-12-8-13-4-2-3-5-15(13)16(9-12)14-6-7-17(19)18(20)10-14/h4*2-7,10,12,16,21H,8-9,11H2,1H3/t2*12-,16+;2*12-,16-/m1010/s1. The van der Waals surface area contributed by atoms with E-state index in [0.717, 1.165) is 77.5 Å². The van der Waals surface area contributed by atoms with Gasteiger partial charge in [0.25, 0.3) is 0 Å². The lowest BCUT2D eigenvalue weighted by atomic mass is 9.74. The van der Waals surface area contributed by atoms with Crippen LogP contribution in [-0.2, 0) is 25.7 Å². The molecule has 0 saturated carbocycles. The molecule has 0 bridgehead atoms. The van der Waals surface area contributed by atoms with E-state index in [-0.39, 0.29) is 0 Å². The summed E-state index contributed by atoms with van der Waals surface area (Å²) < 4.78 is 0. The summed E-state index contributed by atoms with van der Waals surface area (Å²) in [5.74, 6) is 4.25. The maximum Gasteiger partial charge on any atom is 0.0595 e. The second kappa shape index (κ2) is 31.2. The molecule has 0 radical (unpaired) electrons. The molecule has 0 fully saturated rings. The Bertz CT molecular complexity index is 3010. The molecule has 0 amide bonds. The third-order valence-electron chi connectivity index (χ3n) is 17.4. The highest BCUT2D eigenvalue weighted by Gasteiger charge is 2.32. The van der Waals surface area contributed by atoms with Crippen molar-refractivity contribution in [3.05, 3.63) is 277 Å². The van der Waals surface area contributed by atoms with Crippen LogP contribution in [0.1, 0.15) is 116 Å². The van der Waals surface area contributed by atoms with Crippen molar-refractivity contribution in [2.45, 2.75) is 75.0 Å². The Morgan fingerprint density at radius 2 is 0.476 bits per heavy atom. The molecule has 8 atom stereocenters. The Balaban J connectivity index is 0.000000134. The van der Waals surface area contributed by atoms with Crippen molar-refractivity contribution in [2.75, 3.05) is 54.4 Å². The zero-order valence-electron chi connectivity index (χ0n) is 48.3. The zero-order chi connectivity index (χ0) is 59.3. The highest BCUT2D eigenvalue weighted by atomic mass is 35.5.